The van der Waals surface area contributed by atoms with Crippen LogP contribution >= 0.6 is 12.4 Å². The number of aliphatic hydroxyl groups is 2. The average molecular weight is 494 g/mol. The van der Waals surface area contributed by atoms with E-state index in [-0.39, 0.29) is 29.9 Å². The molecule has 0 spiro atoms. The Balaban J connectivity index is 0.00000274. The van der Waals surface area contributed by atoms with Crippen molar-refractivity contribution in [2.75, 3.05) is 40.8 Å². The van der Waals surface area contributed by atoms with Crippen molar-refractivity contribution >= 4 is 18.4 Å². The van der Waals surface area contributed by atoms with Crippen LogP contribution in [0.15, 0.2) is 24.3 Å². The Morgan fingerprint density at radius 3 is 2.53 bits per heavy atom. The van der Waals surface area contributed by atoms with E-state index in [1.807, 2.05) is 43.3 Å². The molecule has 8 heteroatoms. The minimum atomic E-state index is -1.02. The van der Waals surface area contributed by atoms with E-state index in [1.165, 1.54) is 6.42 Å². The number of nitrogens with one attached hydrogen (secondary N) is 1. The van der Waals surface area contributed by atoms with Crippen LogP contribution < -0.4 is 10.1 Å². The summed E-state index contributed by atoms with van der Waals surface area (Å²) >= 11 is 0. The van der Waals surface area contributed by atoms with E-state index >= 15 is 0 Å². The number of hydrogen-bond donors (Lipinski definition) is 3. The number of hydrogen-bond acceptors (Lipinski definition) is 5. The van der Waals surface area contributed by atoms with Gasteiger partial charge in [0.25, 0.3) is 0 Å². The molecule has 1 aromatic carbocycles. The molecule has 3 N–H and O–H groups in total. The Bertz CT molecular complexity index is 898. The lowest BCUT2D eigenvalue weighted by Crippen LogP contribution is -2.67. The van der Waals surface area contributed by atoms with Gasteiger partial charge in [0.2, 0.25) is 0 Å². The number of methoxy groups -OCH3 is 1. The van der Waals surface area contributed by atoms with Crippen molar-refractivity contribution in [1.29, 1.82) is 0 Å². The molecule has 5 fully saturated rings. The molecular formula is C26H40ClN3O4. The molecule has 1 saturated heterocycles. The van der Waals surface area contributed by atoms with Gasteiger partial charge in [0.1, 0.15) is 5.75 Å². The fourth-order valence-electron chi connectivity index (χ4n) is 7.79. The molecule has 1 aromatic rings. The molecule has 4 unspecified atom stereocenters. The van der Waals surface area contributed by atoms with Gasteiger partial charge in [-0.2, -0.15) is 0 Å². The third-order valence-electron chi connectivity index (χ3n) is 8.72. The zero-order valence-electron chi connectivity index (χ0n) is 20.6. The largest absolute Gasteiger partial charge is 0.497 e. The third kappa shape index (κ3) is 4.64. The lowest BCUT2D eigenvalue weighted by atomic mass is 9.51. The summed E-state index contributed by atoms with van der Waals surface area (Å²) in [6.07, 6.45) is 6.12. The molecule has 4 bridgehead atoms. The number of piperidine rings is 1. The highest BCUT2D eigenvalue weighted by Gasteiger charge is 2.58. The fraction of sp³-hybridized carbons (Fsp3) is 0.731. The maximum atomic E-state index is 13.5. The molecule has 7 nitrogen and oxygen atoms in total. The van der Waals surface area contributed by atoms with Gasteiger partial charge < -0.3 is 30.1 Å². The second-order valence-corrected chi connectivity index (χ2v) is 11.7. The van der Waals surface area contributed by atoms with Gasteiger partial charge in [0.15, 0.2) is 0 Å². The maximum absolute atomic E-state index is 13.5. The first-order valence-corrected chi connectivity index (χ1v) is 12.4. The van der Waals surface area contributed by atoms with Gasteiger partial charge in [-0.25, -0.2) is 4.79 Å². The normalized spacial score (nSPS) is 38.5. The average Bonchev–Trinajstić information content (AvgIpc) is 2.73. The van der Waals surface area contributed by atoms with Gasteiger partial charge in [-0.3, -0.25) is 0 Å². The Kier molecular flexibility index (Phi) is 6.88. The smallest absolute Gasteiger partial charge is 0.317 e. The van der Waals surface area contributed by atoms with E-state index in [4.69, 9.17) is 4.74 Å². The molecule has 0 radical (unpaired) electrons. The summed E-state index contributed by atoms with van der Waals surface area (Å²) < 4.78 is 5.39. The lowest BCUT2D eigenvalue weighted by Gasteiger charge is -2.60. The van der Waals surface area contributed by atoms with Gasteiger partial charge in [0.05, 0.1) is 18.3 Å². The van der Waals surface area contributed by atoms with Crippen molar-refractivity contribution in [1.82, 2.24) is 15.1 Å². The van der Waals surface area contributed by atoms with Gasteiger partial charge in [-0.1, -0.05) is 12.1 Å². The van der Waals surface area contributed by atoms with Crippen LogP contribution in [0.4, 0.5) is 4.79 Å². The van der Waals surface area contributed by atoms with Crippen LogP contribution in [0.25, 0.3) is 0 Å². The number of nitrogens with zero attached hydrogens (tertiary/aromatic N) is 2. The fourth-order valence-corrected chi connectivity index (χ4v) is 7.79. The predicted octanol–water partition coefficient (Wildman–Crippen LogP) is 2.98. The van der Waals surface area contributed by atoms with Gasteiger partial charge in [0, 0.05) is 31.1 Å². The number of urea groups is 1. The maximum Gasteiger partial charge on any atom is 0.317 e. The van der Waals surface area contributed by atoms with Gasteiger partial charge >= 0.3 is 6.03 Å². The summed E-state index contributed by atoms with van der Waals surface area (Å²) in [5, 5.41) is 26.3. The van der Waals surface area contributed by atoms with Crippen LogP contribution in [0.3, 0.4) is 0 Å². The topological polar surface area (TPSA) is 85.3 Å². The van der Waals surface area contributed by atoms with Crippen LogP contribution in [0, 0.1) is 17.8 Å². The van der Waals surface area contributed by atoms with Crippen molar-refractivity contribution in [3.8, 4) is 5.75 Å². The second-order valence-electron chi connectivity index (χ2n) is 11.7. The molecule has 1 heterocycles. The first kappa shape index (κ1) is 25.5. The molecule has 190 valence electrons. The summed E-state index contributed by atoms with van der Waals surface area (Å²) in [7, 11) is 5.64. The van der Waals surface area contributed by atoms with Crippen molar-refractivity contribution in [2.45, 2.75) is 61.7 Å². The first-order chi connectivity index (χ1) is 15.6. The summed E-state index contributed by atoms with van der Waals surface area (Å²) in [6.45, 7) is 1.66. The van der Waals surface area contributed by atoms with Crippen LogP contribution in [0.1, 0.15) is 50.5 Å². The first-order valence-electron chi connectivity index (χ1n) is 12.4. The van der Waals surface area contributed by atoms with E-state index in [9.17, 15) is 15.0 Å². The number of ether oxygens (including phenoxy) is 1. The highest BCUT2D eigenvalue weighted by atomic mass is 35.5. The molecular weight excluding hydrogens is 454 g/mol. The standard InChI is InChI=1S/C26H39N3O4.ClH/c1-28(2)15-21-16-29(8-7-26(21,32)20-5-4-6-22(10-20)33-3)23(30)27-24-11-18-9-19(12-24)14-25(31,13-18)17-24;/h4-6,10,18-19,21,31-32H,7-9,11-17H2,1-3H3,(H,27,30);1H/t18-,19+,21?,24?,25?,26?;. The van der Waals surface area contributed by atoms with E-state index in [1.54, 1.807) is 7.11 Å². The molecule has 1 aliphatic heterocycles. The molecule has 4 aliphatic carbocycles. The van der Waals surface area contributed by atoms with Crippen molar-refractivity contribution in [3.63, 3.8) is 0 Å². The zero-order valence-corrected chi connectivity index (χ0v) is 21.4. The summed E-state index contributed by atoms with van der Waals surface area (Å²) in [6, 6.07) is 7.62. The summed E-state index contributed by atoms with van der Waals surface area (Å²) in [4.78, 5) is 17.4. The number of carbonyl (C=O) groups is 1. The molecule has 2 amide bonds. The van der Waals surface area contributed by atoms with Crippen LogP contribution in [0.2, 0.25) is 0 Å². The molecule has 5 aliphatic rings. The van der Waals surface area contributed by atoms with Gasteiger partial charge in [-0.05, 0) is 88.6 Å². The van der Waals surface area contributed by atoms with E-state index < -0.39 is 11.2 Å². The van der Waals surface area contributed by atoms with Crippen molar-refractivity contribution in [3.05, 3.63) is 29.8 Å². The van der Waals surface area contributed by atoms with E-state index in [0.717, 1.165) is 37.0 Å². The molecule has 6 rings (SSSR count). The molecule has 6 atom stereocenters. The predicted molar refractivity (Wildman–Crippen MR) is 133 cm³/mol. The number of halogens is 1. The zero-order chi connectivity index (χ0) is 23.4. The van der Waals surface area contributed by atoms with Crippen LogP contribution in [-0.2, 0) is 5.60 Å². The monoisotopic (exact) mass is 493 g/mol. The number of amides is 2. The highest BCUT2D eigenvalue weighted by molar-refractivity contribution is 5.85. The quantitative estimate of drug-likeness (QED) is 0.587. The minimum Gasteiger partial charge on any atom is -0.497 e. The Labute approximate surface area is 209 Å². The van der Waals surface area contributed by atoms with Crippen LogP contribution in [0.5, 0.6) is 5.75 Å². The second kappa shape index (κ2) is 9.16. The summed E-state index contributed by atoms with van der Waals surface area (Å²) in [5.41, 5.74) is -1.05. The van der Waals surface area contributed by atoms with Gasteiger partial charge in [-0.15, -0.1) is 12.4 Å². The Morgan fingerprint density at radius 2 is 1.91 bits per heavy atom. The molecule has 0 aromatic heterocycles. The van der Waals surface area contributed by atoms with E-state index in [0.29, 0.717) is 44.3 Å². The van der Waals surface area contributed by atoms with Crippen LogP contribution in [-0.4, -0.2) is 78.0 Å². The minimum absolute atomic E-state index is 0. The lowest BCUT2D eigenvalue weighted by molar-refractivity contribution is -0.140. The van der Waals surface area contributed by atoms with Crippen molar-refractivity contribution in [2.24, 2.45) is 17.8 Å². The van der Waals surface area contributed by atoms with Crippen molar-refractivity contribution < 1.29 is 19.7 Å². The summed E-state index contributed by atoms with van der Waals surface area (Å²) in [5.74, 6) is 1.65. The highest BCUT2D eigenvalue weighted by Crippen LogP contribution is 2.57. The molecule has 34 heavy (non-hydrogen) atoms. The third-order valence-corrected chi connectivity index (χ3v) is 8.72. The molecule has 4 saturated carbocycles. The van der Waals surface area contributed by atoms with E-state index in [2.05, 4.69) is 10.2 Å². The number of likely N-dealkylation sites (tertiary alicyclic amines) is 1. The number of benzene rings is 1. The number of rotatable bonds is 5. The Morgan fingerprint density at radius 1 is 1.21 bits per heavy atom. The Hall–Kier alpha value is -1.54. The SMILES string of the molecule is COc1cccc(C2(O)CCN(C(=O)NC34C[C@@H]5C[C@@H](CC(O)(C5)C3)C4)CC2CN(C)C)c1.Cl. The number of carbonyl (C=O) groups excluding carboxylic acids is 1.